The molecule has 4 rings (SSSR count). The lowest BCUT2D eigenvalue weighted by Crippen LogP contribution is -2.25. The average molecular weight is 251 g/mol. The van der Waals surface area contributed by atoms with Crippen molar-refractivity contribution < 1.29 is 0 Å². The maximum atomic E-state index is 4.83. The minimum atomic E-state index is 0.685. The van der Waals surface area contributed by atoms with E-state index in [0.717, 1.165) is 24.6 Å². The van der Waals surface area contributed by atoms with E-state index in [1.54, 1.807) is 0 Å². The van der Waals surface area contributed by atoms with Gasteiger partial charge >= 0.3 is 0 Å². The molecule has 0 saturated carbocycles. The van der Waals surface area contributed by atoms with Crippen molar-refractivity contribution in [3.8, 4) is 11.3 Å². The van der Waals surface area contributed by atoms with E-state index in [-0.39, 0.29) is 0 Å². The molecule has 0 saturated heterocycles. The van der Waals surface area contributed by atoms with Crippen LogP contribution in [0.4, 0.5) is 11.5 Å². The molecule has 0 aliphatic carbocycles. The first-order chi connectivity index (χ1) is 9.42. The summed E-state index contributed by atoms with van der Waals surface area (Å²) in [5, 5.41) is 6.99. The van der Waals surface area contributed by atoms with Crippen LogP contribution < -0.4 is 10.6 Å². The van der Waals surface area contributed by atoms with Gasteiger partial charge in [-0.05, 0) is 24.8 Å². The fourth-order valence-corrected chi connectivity index (χ4v) is 3.18. The van der Waals surface area contributed by atoms with E-state index in [1.165, 1.54) is 29.7 Å². The summed E-state index contributed by atoms with van der Waals surface area (Å²) in [7, 11) is 0. The van der Waals surface area contributed by atoms with Crippen LogP contribution in [0.5, 0.6) is 0 Å². The van der Waals surface area contributed by atoms with E-state index >= 15 is 0 Å². The summed E-state index contributed by atoms with van der Waals surface area (Å²) in [6.07, 6.45) is 2.46. The molecule has 1 aromatic carbocycles. The molecule has 3 heterocycles. The molecule has 2 aliphatic rings. The van der Waals surface area contributed by atoms with Crippen LogP contribution in [0.1, 0.15) is 24.3 Å². The van der Waals surface area contributed by atoms with E-state index in [4.69, 9.17) is 4.98 Å². The Morgan fingerprint density at radius 1 is 1.00 bits per heavy atom. The van der Waals surface area contributed by atoms with E-state index in [1.807, 2.05) is 6.07 Å². The third-order valence-electron chi connectivity index (χ3n) is 4.13. The standard InChI is InChI=1S/C16H17N3/c1-2-4-11(5-3-1)13-10-14-15-12(6-8-17-14)7-9-18-16(15)19-13/h1-5,10,12,17H,6-9H2,(H,18,19). The number of pyridine rings is 1. The van der Waals surface area contributed by atoms with Crippen LogP contribution in [0.15, 0.2) is 36.4 Å². The number of nitrogens with zero attached hydrogens (tertiary/aromatic N) is 1. The highest BCUT2D eigenvalue weighted by molar-refractivity contribution is 5.74. The minimum absolute atomic E-state index is 0.685. The van der Waals surface area contributed by atoms with Gasteiger partial charge in [-0.1, -0.05) is 30.3 Å². The molecule has 96 valence electrons. The first-order valence-corrected chi connectivity index (χ1v) is 7.00. The lowest BCUT2D eigenvalue weighted by Gasteiger charge is -2.33. The van der Waals surface area contributed by atoms with Crippen LogP contribution in [-0.4, -0.2) is 18.1 Å². The molecular formula is C16H17N3. The number of benzene rings is 1. The Morgan fingerprint density at radius 3 is 2.63 bits per heavy atom. The van der Waals surface area contributed by atoms with Gasteiger partial charge in [0.15, 0.2) is 0 Å². The van der Waals surface area contributed by atoms with Crippen molar-refractivity contribution >= 4 is 11.5 Å². The van der Waals surface area contributed by atoms with Crippen molar-refractivity contribution in [1.82, 2.24) is 4.98 Å². The molecule has 0 spiro atoms. The van der Waals surface area contributed by atoms with Crippen LogP contribution in [0.2, 0.25) is 0 Å². The number of hydrogen-bond donors (Lipinski definition) is 2. The highest BCUT2D eigenvalue weighted by Crippen LogP contribution is 2.42. The Bertz CT molecular complexity index is 576. The van der Waals surface area contributed by atoms with Gasteiger partial charge in [0.05, 0.1) is 5.69 Å². The smallest absolute Gasteiger partial charge is 0.132 e. The zero-order valence-electron chi connectivity index (χ0n) is 10.8. The number of anilines is 2. The molecule has 3 heteroatoms. The van der Waals surface area contributed by atoms with Crippen LogP contribution in [0.3, 0.4) is 0 Å². The van der Waals surface area contributed by atoms with Crippen molar-refractivity contribution in [3.05, 3.63) is 42.0 Å². The molecule has 0 radical (unpaired) electrons. The molecule has 19 heavy (non-hydrogen) atoms. The second kappa shape index (κ2) is 4.26. The zero-order chi connectivity index (χ0) is 12.7. The van der Waals surface area contributed by atoms with Crippen molar-refractivity contribution in [2.45, 2.75) is 18.8 Å². The van der Waals surface area contributed by atoms with Crippen molar-refractivity contribution in [1.29, 1.82) is 0 Å². The summed E-state index contributed by atoms with van der Waals surface area (Å²) >= 11 is 0. The largest absolute Gasteiger partial charge is 0.385 e. The van der Waals surface area contributed by atoms with E-state index < -0.39 is 0 Å². The first-order valence-electron chi connectivity index (χ1n) is 7.00. The van der Waals surface area contributed by atoms with E-state index in [0.29, 0.717) is 5.92 Å². The molecule has 0 amide bonds. The summed E-state index contributed by atoms with van der Waals surface area (Å²) in [4.78, 5) is 4.83. The normalized spacial score (nSPS) is 20.1. The topological polar surface area (TPSA) is 37.0 Å². The lowest BCUT2D eigenvalue weighted by molar-refractivity contribution is 0.577. The summed E-state index contributed by atoms with van der Waals surface area (Å²) in [6, 6.07) is 12.6. The number of nitrogens with one attached hydrogen (secondary N) is 2. The molecule has 0 fully saturated rings. The maximum Gasteiger partial charge on any atom is 0.132 e. The van der Waals surface area contributed by atoms with Gasteiger partial charge in [0, 0.05) is 29.9 Å². The van der Waals surface area contributed by atoms with Gasteiger partial charge in [-0.3, -0.25) is 0 Å². The fourth-order valence-electron chi connectivity index (χ4n) is 3.18. The first kappa shape index (κ1) is 10.9. The van der Waals surface area contributed by atoms with Crippen LogP contribution in [0, 0.1) is 0 Å². The van der Waals surface area contributed by atoms with Crippen LogP contribution in [-0.2, 0) is 0 Å². The summed E-state index contributed by atoms with van der Waals surface area (Å²) in [6.45, 7) is 2.12. The number of aromatic nitrogens is 1. The monoisotopic (exact) mass is 251 g/mol. The molecule has 0 bridgehead atoms. The molecule has 2 aromatic rings. The van der Waals surface area contributed by atoms with Gasteiger partial charge in [0.1, 0.15) is 5.82 Å². The van der Waals surface area contributed by atoms with Gasteiger partial charge in [-0.25, -0.2) is 4.98 Å². The van der Waals surface area contributed by atoms with Gasteiger partial charge in [-0.15, -0.1) is 0 Å². The lowest BCUT2D eigenvalue weighted by atomic mass is 9.86. The summed E-state index contributed by atoms with van der Waals surface area (Å²) < 4.78 is 0. The Hall–Kier alpha value is -2.03. The average Bonchev–Trinajstić information content (AvgIpc) is 2.49. The zero-order valence-corrected chi connectivity index (χ0v) is 10.8. The van der Waals surface area contributed by atoms with Crippen LogP contribution >= 0.6 is 0 Å². The molecule has 2 N–H and O–H groups in total. The van der Waals surface area contributed by atoms with Gasteiger partial charge in [0.25, 0.3) is 0 Å². The Kier molecular flexibility index (Phi) is 2.44. The second-order valence-electron chi connectivity index (χ2n) is 5.31. The predicted octanol–water partition coefficient (Wildman–Crippen LogP) is 3.46. The molecular weight excluding hydrogens is 234 g/mol. The summed E-state index contributed by atoms with van der Waals surface area (Å²) in [5.41, 5.74) is 4.90. The third kappa shape index (κ3) is 1.77. The Balaban J connectivity index is 1.88. The SMILES string of the molecule is c1ccc(-c2cc3c4c(n2)NCCC4CCN3)cc1. The minimum Gasteiger partial charge on any atom is -0.385 e. The fraction of sp³-hybridized carbons (Fsp3) is 0.312. The van der Waals surface area contributed by atoms with Gasteiger partial charge in [0.2, 0.25) is 0 Å². The van der Waals surface area contributed by atoms with Crippen LogP contribution in [0.25, 0.3) is 11.3 Å². The van der Waals surface area contributed by atoms with Crippen molar-refractivity contribution in [3.63, 3.8) is 0 Å². The Labute approximate surface area is 113 Å². The second-order valence-corrected chi connectivity index (χ2v) is 5.31. The Morgan fingerprint density at radius 2 is 1.79 bits per heavy atom. The summed E-state index contributed by atoms with van der Waals surface area (Å²) in [5.74, 6) is 1.77. The van der Waals surface area contributed by atoms with E-state index in [2.05, 4.69) is 41.0 Å². The maximum absolute atomic E-state index is 4.83. The quantitative estimate of drug-likeness (QED) is 0.815. The van der Waals surface area contributed by atoms with Crippen molar-refractivity contribution in [2.24, 2.45) is 0 Å². The third-order valence-corrected chi connectivity index (χ3v) is 4.13. The number of hydrogen-bond acceptors (Lipinski definition) is 3. The highest BCUT2D eigenvalue weighted by Gasteiger charge is 2.27. The molecule has 1 unspecified atom stereocenters. The molecule has 3 nitrogen and oxygen atoms in total. The molecule has 2 aliphatic heterocycles. The van der Waals surface area contributed by atoms with Gasteiger partial charge in [-0.2, -0.15) is 0 Å². The highest BCUT2D eigenvalue weighted by atomic mass is 15.0. The predicted molar refractivity (Wildman–Crippen MR) is 78.6 cm³/mol. The molecule has 1 aromatic heterocycles. The number of rotatable bonds is 1. The molecule has 1 atom stereocenters. The van der Waals surface area contributed by atoms with E-state index in [9.17, 15) is 0 Å². The van der Waals surface area contributed by atoms with Gasteiger partial charge < -0.3 is 10.6 Å². The van der Waals surface area contributed by atoms with Crippen molar-refractivity contribution in [2.75, 3.05) is 23.7 Å².